The standard InChI is InChI=1S/Ce.Er.2O. The minimum absolute atomic E-state index is 0.0556. The molecule has 4 heavy (non-hydrogen) atoms. The summed E-state index contributed by atoms with van der Waals surface area (Å²) in [7, 11) is 0. The van der Waals surface area contributed by atoms with Crippen molar-refractivity contribution < 1.29 is 77.7 Å². The van der Waals surface area contributed by atoms with E-state index in [9.17, 15) is 0 Å². The van der Waals surface area contributed by atoms with E-state index in [-0.39, 0.29) is 39.8 Å². The fraction of sp³-hybridized carbons (Fsp3) is 0. The number of hydrogen-bond acceptors (Lipinski definition) is 2. The molecule has 0 aliphatic heterocycles. The molecule has 0 atom stereocenters. The van der Waals surface area contributed by atoms with E-state index < -0.39 is 0 Å². The van der Waals surface area contributed by atoms with Crippen molar-refractivity contribution in [3.05, 3.63) is 0 Å². The van der Waals surface area contributed by atoms with Gasteiger partial charge in [-0.2, -0.15) is 0 Å². The van der Waals surface area contributed by atoms with Crippen LogP contribution in [-0.2, 0) is 2.42 Å². The molecule has 0 fully saturated rings. The second-order valence-electron chi connectivity index (χ2n) is 0. The molecule has 0 N–H and O–H groups in total. The Kier molecular flexibility index (Phi) is 44.9. The quantitative estimate of drug-likeness (QED) is 0.611. The molecule has 0 aromatic heterocycles. The van der Waals surface area contributed by atoms with Gasteiger partial charge in [-0.3, -0.25) is 0 Å². The van der Waals surface area contributed by atoms with Crippen LogP contribution in [0.5, 0.6) is 0 Å². The molecule has 0 aromatic rings. The predicted molar refractivity (Wildman–Crippen MR) is 1.37 cm³/mol. The molecule has 0 spiro atoms. The van der Waals surface area contributed by atoms with Crippen LogP contribution in [0.3, 0.4) is 0 Å². The van der Waals surface area contributed by atoms with Gasteiger partial charge in [-0.05, 0) is 0 Å². The van der Waals surface area contributed by atoms with E-state index >= 15 is 0 Å². The zero-order valence-corrected chi connectivity index (χ0v) is 6.60. The van der Waals surface area contributed by atoms with Crippen LogP contribution in [0, 0.1) is 75.2 Å². The Labute approximate surface area is 75.6 Å². The first-order valence-electron chi connectivity index (χ1n) is 0.322. The summed E-state index contributed by atoms with van der Waals surface area (Å²) in [4.78, 5) is 0. The Morgan fingerprint density at radius 1 is 1.25 bits per heavy atom. The summed E-state index contributed by atoms with van der Waals surface area (Å²) in [5.41, 5.74) is 0. The predicted octanol–water partition coefficient (Wildman–Crippen LogP) is -0.238. The van der Waals surface area contributed by atoms with Gasteiger partial charge in [-0.1, -0.05) is 0 Å². The Hall–Kier alpha value is 2.22. The maximum atomic E-state index is 8.39. The molecule has 0 rings (SSSR count). The molecule has 4 heteroatoms. The van der Waals surface area contributed by atoms with Gasteiger partial charge < -0.3 is 0 Å². The van der Waals surface area contributed by atoms with Crippen molar-refractivity contribution in [3.63, 3.8) is 0 Å². The summed E-state index contributed by atoms with van der Waals surface area (Å²) >= 11 is 1.22. The van der Waals surface area contributed by atoms with Crippen LogP contribution >= 0.6 is 0 Å². The van der Waals surface area contributed by atoms with Crippen LogP contribution in [0.4, 0.5) is 0 Å². The molecule has 2 nitrogen and oxygen atoms in total. The fourth-order valence-electron chi connectivity index (χ4n) is 0. The molecule has 0 heterocycles. The van der Waals surface area contributed by atoms with Gasteiger partial charge in [0.25, 0.3) is 0 Å². The molecule has 0 aliphatic rings. The molecule has 0 unspecified atom stereocenters. The van der Waals surface area contributed by atoms with Gasteiger partial charge in [0.05, 0.1) is 0 Å². The van der Waals surface area contributed by atoms with E-state index in [0.29, 0.717) is 0 Å². The average molecular weight is 339 g/mol. The van der Waals surface area contributed by atoms with Gasteiger partial charge in [0.1, 0.15) is 0 Å². The molecule has 0 aliphatic carbocycles. The van der Waals surface area contributed by atoms with E-state index in [4.69, 9.17) is 2.42 Å². The Balaban J connectivity index is 0. The second kappa shape index (κ2) is 18.8. The van der Waals surface area contributed by atoms with E-state index in [2.05, 4.69) is 0 Å². The molecular weight excluding hydrogens is 339 g/mol. The van der Waals surface area contributed by atoms with Gasteiger partial charge in [0.2, 0.25) is 0 Å². The van der Waals surface area contributed by atoms with Crippen LogP contribution in [0.2, 0.25) is 0 Å². The summed E-state index contributed by atoms with van der Waals surface area (Å²) in [6.07, 6.45) is 0. The first-order valence-corrected chi connectivity index (χ1v) is 2.36. The Morgan fingerprint density at radius 2 is 1.25 bits per heavy atom. The normalized spacial score (nSPS) is 2.25. The van der Waals surface area contributed by atoms with Crippen molar-refractivity contribution in [2.45, 2.75) is 0 Å². The molecule has 0 aromatic carbocycles. The Morgan fingerprint density at radius 3 is 1.25 bits per heavy atom. The van der Waals surface area contributed by atoms with Crippen molar-refractivity contribution >= 4 is 0 Å². The third-order valence-corrected chi connectivity index (χ3v) is 0. The average Bonchev–Trinajstić information content (AvgIpc) is 1.50. The minimum atomic E-state index is 0.0556. The topological polar surface area (TPSA) is 34.1 Å². The van der Waals surface area contributed by atoms with E-state index in [1.165, 1.54) is 35.5 Å². The van der Waals surface area contributed by atoms with Crippen molar-refractivity contribution in [1.29, 1.82) is 0 Å². The van der Waals surface area contributed by atoms with Gasteiger partial charge in [-0.25, -0.2) is 0 Å². The van der Waals surface area contributed by atoms with E-state index in [0.717, 1.165) is 0 Å². The number of hydrogen-bond donors (Lipinski definition) is 0. The summed E-state index contributed by atoms with van der Waals surface area (Å²) < 4.78 is 16.6. The first-order chi connectivity index (χ1) is 2.00. The van der Waals surface area contributed by atoms with Crippen LogP contribution in [0.15, 0.2) is 0 Å². The third-order valence-electron chi connectivity index (χ3n) is 0. The van der Waals surface area contributed by atoms with E-state index in [1.54, 1.807) is 0 Å². The zero-order chi connectivity index (χ0) is 4.00. The van der Waals surface area contributed by atoms with E-state index in [1.807, 2.05) is 0 Å². The van der Waals surface area contributed by atoms with Gasteiger partial charge in [0, 0.05) is 0 Å². The summed E-state index contributed by atoms with van der Waals surface area (Å²) in [6.45, 7) is 0. The van der Waals surface area contributed by atoms with Crippen molar-refractivity contribution in [2.24, 2.45) is 0 Å². The van der Waals surface area contributed by atoms with Crippen LogP contribution in [-0.4, -0.2) is 0 Å². The third kappa shape index (κ3) is 8.88. The van der Waals surface area contributed by atoms with Crippen molar-refractivity contribution in [2.75, 3.05) is 0 Å². The summed E-state index contributed by atoms with van der Waals surface area (Å²) in [6, 6.07) is 0. The molecule has 0 bridgehead atoms. The monoisotopic (exact) mass is 338 g/mol. The zero-order valence-electron chi connectivity index (χ0n) is 1.61. The Bertz CT molecular complexity index is 8.00. The maximum absolute atomic E-state index is 8.39. The fourth-order valence-corrected chi connectivity index (χ4v) is 0. The molecule has 0 radical (unpaired) electrons. The van der Waals surface area contributed by atoms with Gasteiger partial charge in [0.15, 0.2) is 0 Å². The molecule has 0 saturated heterocycles. The second-order valence-corrected chi connectivity index (χ2v) is 0. The van der Waals surface area contributed by atoms with Gasteiger partial charge in [-0.15, -0.1) is 0 Å². The first kappa shape index (κ1) is 9.52. The molecular formula is CeErO2. The van der Waals surface area contributed by atoms with Crippen LogP contribution < -0.4 is 0 Å². The summed E-state index contributed by atoms with van der Waals surface area (Å²) in [5.74, 6) is 0. The molecule has 28 valence electrons. The van der Waals surface area contributed by atoms with Gasteiger partial charge >= 0.3 is 77.7 Å². The molecule has 0 amide bonds. The SMILES string of the molecule is [O]=[Ce].[O]=[Er]. The van der Waals surface area contributed by atoms with Crippen LogP contribution in [0.1, 0.15) is 0 Å². The summed E-state index contributed by atoms with van der Waals surface area (Å²) in [5, 5.41) is 0. The molecule has 0 saturated carbocycles. The number of rotatable bonds is 0. The van der Waals surface area contributed by atoms with Crippen LogP contribution in [0.25, 0.3) is 0 Å². The van der Waals surface area contributed by atoms with Crippen molar-refractivity contribution in [3.8, 4) is 0 Å². The van der Waals surface area contributed by atoms with Crippen molar-refractivity contribution in [1.82, 2.24) is 0 Å².